The van der Waals surface area contributed by atoms with E-state index in [0.717, 1.165) is 38.1 Å². The summed E-state index contributed by atoms with van der Waals surface area (Å²) in [6.07, 6.45) is 3.55. The number of carbonyl (C=O) groups is 1. The highest BCUT2D eigenvalue weighted by molar-refractivity contribution is 6.45. The summed E-state index contributed by atoms with van der Waals surface area (Å²) < 4.78 is 15.7. The summed E-state index contributed by atoms with van der Waals surface area (Å²) in [6, 6.07) is 9.58. The highest BCUT2D eigenvalue weighted by Crippen LogP contribution is 2.23. The zero-order valence-corrected chi connectivity index (χ0v) is 23.1. The van der Waals surface area contributed by atoms with E-state index in [1.807, 2.05) is 42.0 Å². The van der Waals surface area contributed by atoms with Crippen molar-refractivity contribution < 1.29 is 38.6 Å². The summed E-state index contributed by atoms with van der Waals surface area (Å²) >= 11 is 0. The number of alkyl carbamates (subject to hydrolysis) is 1. The van der Waals surface area contributed by atoms with Crippen molar-refractivity contribution in [1.82, 2.24) is 14.9 Å². The fourth-order valence-corrected chi connectivity index (χ4v) is 4.61. The van der Waals surface area contributed by atoms with Gasteiger partial charge in [-0.05, 0) is 77.0 Å². The van der Waals surface area contributed by atoms with Crippen molar-refractivity contribution in [1.29, 1.82) is 0 Å². The Balaban J connectivity index is 0.000000403. The first kappa shape index (κ1) is 33.8. The van der Waals surface area contributed by atoms with E-state index in [1.165, 1.54) is 0 Å². The first-order chi connectivity index (χ1) is 18.2. The van der Waals surface area contributed by atoms with Crippen molar-refractivity contribution in [3.63, 3.8) is 0 Å². The Morgan fingerprint density at radius 2 is 1.53 bits per heavy atom. The first-order valence-electron chi connectivity index (χ1n) is 13.0. The van der Waals surface area contributed by atoms with Crippen LogP contribution in [0.4, 0.5) is 4.79 Å². The number of methoxy groups -OCH3 is 2. The first-order valence-corrected chi connectivity index (χ1v) is 13.0. The Kier molecular flexibility index (Phi) is 16.8. The molecular weight excluding hydrogens is 492 g/mol. The predicted molar refractivity (Wildman–Crippen MR) is 144 cm³/mol. The number of hydrogen-bond acceptors (Lipinski definition) is 10. The molecule has 3 rings (SSSR count). The van der Waals surface area contributed by atoms with Crippen LogP contribution in [0.25, 0.3) is 0 Å². The molecule has 0 aromatic heterocycles. The van der Waals surface area contributed by atoms with E-state index in [2.05, 4.69) is 10.1 Å². The lowest BCUT2D eigenvalue weighted by atomic mass is 9.78. The molecule has 13 heteroatoms. The molecule has 3 N–H and O–H groups in total. The normalized spacial score (nSPS) is 17.5. The van der Waals surface area contributed by atoms with Crippen LogP contribution in [0.5, 0.6) is 0 Å². The number of nitrogens with one attached hydrogen (secondary N) is 1. The number of amides is 1. The van der Waals surface area contributed by atoms with Gasteiger partial charge in [0.15, 0.2) is 0 Å². The van der Waals surface area contributed by atoms with Gasteiger partial charge in [0, 0.05) is 20.8 Å². The van der Waals surface area contributed by atoms with E-state index in [1.54, 1.807) is 21.0 Å². The molecule has 11 nitrogen and oxygen atoms in total. The number of benzene rings is 1. The molecule has 0 aliphatic carbocycles. The van der Waals surface area contributed by atoms with E-state index in [-0.39, 0.29) is 19.8 Å². The van der Waals surface area contributed by atoms with Crippen molar-refractivity contribution in [3.05, 3.63) is 35.9 Å². The second-order valence-corrected chi connectivity index (χ2v) is 9.72. The minimum Gasteiger partial charge on any atom is -0.445 e. The largest absolute Gasteiger partial charge is 0.445 e. The van der Waals surface area contributed by atoms with Crippen molar-refractivity contribution in [3.8, 4) is 0 Å². The summed E-state index contributed by atoms with van der Waals surface area (Å²) in [5.74, 6) is 0.699. The van der Waals surface area contributed by atoms with Gasteiger partial charge in [0.05, 0.1) is 12.1 Å². The molecule has 0 atom stereocenters. The van der Waals surface area contributed by atoms with Crippen molar-refractivity contribution in [2.24, 2.45) is 5.92 Å². The van der Waals surface area contributed by atoms with Gasteiger partial charge in [0.2, 0.25) is 0 Å². The maximum atomic E-state index is 12.1. The maximum Gasteiger partial charge on any atom is 0.407 e. The summed E-state index contributed by atoms with van der Waals surface area (Å²) in [5.41, 5.74) is 0.515. The molecule has 2 aliphatic heterocycles. The minimum atomic E-state index is -0.472. The molecule has 1 aromatic rings. The van der Waals surface area contributed by atoms with Gasteiger partial charge in [-0.15, -0.1) is 0 Å². The molecule has 2 saturated heterocycles. The summed E-state index contributed by atoms with van der Waals surface area (Å²) in [6.45, 7) is 8.56. The molecule has 0 saturated carbocycles. The van der Waals surface area contributed by atoms with Crippen LogP contribution in [0.15, 0.2) is 30.3 Å². The summed E-state index contributed by atoms with van der Waals surface area (Å²) in [5, 5.41) is 21.9. The third-order valence-corrected chi connectivity index (χ3v) is 6.86. The van der Waals surface area contributed by atoms with Crippen LogP contribution < -0.4 is 5.32 Å². The van der Waals surface area contributed by atoms with Crippen LogP contribution >= 0.6 is 0 Å². The van der Waals surface area contributed by atoms with Gasteiger partial charge in [-0.1, -0.05) is 30.3 Å². The Bertz CT molecular complexity index is 797. The quantitative estimate of drug-likeness (QED) is 0.398. The van der Waals surface area contributed by atoms with E-state index in [9.17, 15) is 14.8 Å². The van der Waals surface area contributed by atoms with Crippen LogP contribution in [0.3, 0.4) is 0 Å². The lowest BCUT2D eigenvalue weighted by molar-refractivity contribution is -0.191. The maximum absolute atomic E-state index is 12.1. The zero-order chi connectivity index (χ0) is 28.4. The number of nitrogens with zero attached hydrogens (tertiary/aromatic N) is 2. The van der Waals surface area contributed by atoms with Gasteiger partial charge in [-0.3, -0.25) is 0 Å². The number of rotatable bonds is 9. The molecule has 0 radical (unpaired) electrons. The fraction of sp³-hybridized carbons (Fsp3) is 0.680. The van der Waals surface area contributed by atoms with Crippen molar-refractivity contribution >= 4 is 26.3 Å². The molecule has 2 fully saturated rings. The Morgan fingerprint density at radius 3 is 2.00 bits per heavy atom. The highest BCUT2D eigenvalue weighted by Gasteiger charge is 2.38. The van der Waals surface area contributed by atoms with Crippen LogP contribution in [-0.4, -0.2) is 105 Å². The molecular formula is C25H43B2N3O8. The molecule has 38 heavy (non-hydrogen) atoms. The summed E-state index contributed by atoms with van der Waals surface area (Å²) in [7, 11) is 2.62. The highest BCUT2D eigenvalue weighted by atomic mass is 16.5. The second-order valence-electron chi connectivity index (χ2n) is 9.72. The van der Waals surface area contributed by atoms with E-state index in [0.29, 0.717) is 38.5 Å². The minimum absolute atomic E-state index is 0.246. The monoisotopic (exact) mass is 535 g/mol. The SMILES string of the molecule is COCC1(NC(=O)OCc2ccccc2)CCN(B(C)O)CC1.COCC1CCN(B(C)O)CC1.O=C=O. The van der Waals surface area contributed by atoms with Crippen molar-refractivity contribution in [2.75, 3.05) is 53.6 Å². The Labute approximate surface area is 227 Å². The van der Waals surface area contributed by atoms with Gasteiger partial charge < -0.3 is 39.2 Å². The Hall–Kier alpha value is -2.24. The van der Waals surface area contributed by atoms with Crippen LogP contribution in [0.1, 0.15) is 31.2 Å². The molecule has 0 bridgehead atoms. The third kappa shape index (κ3) is 13.0. The number of hydrogen-bond donors (Lipinski definition) is 3. The van der Waals surface area contributed by atoms with E-state index >= 15 is 0 Å². The molecule has 2 aliphatic rings. The molecule has 0 unspecified atom stereocenters. The zero-order valence-electron chi connectivity index (χ0n) is 23.1. The average Bonchev–Trinajstić information content (AvgIpc) is 2.90. The van der Waals surface area contributed by atoms with Gasteiger partial charge >= 0.3 is 26.3 Å². The smallest absolute Gasteiger partial charge is 0.407 e. The molecule has 1 aromatic carbocycles. The number of carbonyl (C=O) groups excluding carboxylic acids is 3. The lowest BCUT2D eigenvalue weighted by Crippen LogP contribution is -2.59. The van der Waals surface area contributed by atoms with Crippen LogP contribution in [0.2, 0.25) is 13.6 Å². The molecule has 212 valence electrons. The van der Waals surface area contributed by atoms with Gasteiger partial charge in [-0.25, -0.2) is 4.79 Å². The van der Waals surface area contributed by atoms with Crippen LogP contribution in [0, 0.1) is 5.92 Å². The average molecular weight is 535 g/mol. The number of piperidine rings is 2. The number of ether oxygens (including phenoxy) is 3. The predicted octanol–water partition coefficient (Wildman–Crippen LogP) is 1.38. The van der Waals surface area contributed by atoms with Gasteiger partial charge in [-0.2, -0.15) is 9.59 Å². The standard InChI is InChI=1S/C16H25BN2O4.C8H18BNO2.CO2/c1-17(21)19-10-8-16(9-11-19,13-22-2)18-15(20)23-12-14-6-4-3-5-7-14;1-9(11)10-5-3-8(4-6-10)7-12-2;2-1-3/h3-7,21H,8-13H2,1-2H3,(H,18,20);8,11H,3-7H2,1-2H3;. The van der Waals surface area contributed by atoms with Gasteiger partial charge in [0.1, 0.15) is 6.61 Å². The molecule has 2 heterocycles. The third-order valence-electron chi connectivity index (χ3n) is 6.86. The van der Waals surface area contributed by atoms with Crippen LogP contribution in [-0.2, 0) is 30.4 Å². The van der Waals surface area contributed by atoms with E-state index < -0.39 is 18.7 Å². The summed E-state index contributed by atoms with van der Waals surface area (Å²) in [4.78, 5) is 32.5. The lowest BCUT2D eigenvalue weighted by Gasteiger charge is -2.42. The van der Waals surface area contributed by atoms with Crippen molar-refractivity contribution in [2.45, 2.75) is 51.5 Å². The second kappa shape index (κ2) is 18.9. The topological polar surface area (TPSA) is 138 Å². The fourth-order valence-electron chi connectivity index (χ4n) is 4.61. The molecule has 0 spiro atoms. The molecule has 1 amide bonds. The van der Waals surface area contributed by atoms with Gasteiger partial charge in [0.25, 0.3) is 0 Å². The van der Waals surface area contributed by atoms with E-state index in [4.69, 9.17) is 23.8 Å². The Morgan fingerprint density at radius 1 is 1.00 bits per heavy atom.